The maximum absolute atomic E-state index is 5.40. The maximum Gasteiger partial charge on any atom is 0.216 e. The monoisotopic (exact) mass is 251 g/mol. The Morgan fingerprint density at radius 3 is 2.94 bits per heavy atom. The molecule has 0 saturated heterocycles. The van der Waals surface area contributed by atoms with E-state index in [9.17, 15) is 0 Å². The molecule has 6 heteroatoms. The maximum atomic E-state index is 5.40. The molecule has 0 fully saturated rings. The minimum Gasteiger partial charge on any atom is -0.481 e. The van der Waals surface area contributed by atoms with Crippen LogP contribution in [-0.4, -0.2) is 35.9 Å². The molecule has 0 spiro atoms. The second kappa shape index (κ2) is 5.75. The van der Waals surface area contributed by atoms with E-state index in [0.29, 0.717) is 6.54 Å². The minimum atomic E-state index is 0.687. The highest BCUT2D eigenvalue weighted by Gasteiger charge is 2.16. The van der Waals surface area contributed by atoms with Crippen molar-refractivity contribution in [1.29, 1.82) is 0 Å². The summed E-state index contributed by atoms with van der Waals surface area (Å²) in [6.45, 7) is 4.66. The van der Waals surface area contributed by atoms with Gasteiger partial charge in [0, 0.05) is 20.1 Å². The van der Waals surface area contributed by atoms with Crippen LogP contribution in [0.15, 0.2) is 4.99 Å². The zero-order valence-electron chi connectivity index (χ0n) is 11.3. The number of nitrogens with zero attached hydrogens (tertiary/aromatic N) is 3. The molecule has 1 aliphatic heterocycles. The summed E-state index contributed by atoms with van der Waals surface area (Å²) in [5.74, 6) is 1.69. The van der Waals surface area contributed by atoms with E-state index in [2.05, 4.69) is 27.6 Å². The third kappa shape index (κ3) is 2.57. The summed E-state index contributed by atoms with van der Waals surface area (Å²) in [7, 11) is 3.58. The quantitative estimate of drug-likeness (QED) is 0.814. The van der Waals surface area contributed by atoms with E-state index in [1.165, 1.54) is 0 Å². The number of methoxy groups -OCH3 is 1. The van der Waals surface area contributed by atoms with E-state index in [0.717, 1.165) is 49.0 Å². The van der Waals surface area contributed by atoms with Crippen molar-refractivity contribution in [2.24, 2.45) is 12.0 Å². The molecule has 2 heterocycles. The molecule has 1 aromatic heterocycles. The van der Waals surface area contributed by atoms with Gasteiger partial charge in [0.15, 0.2) is 5.96 Å². The summed E-state index contributed by atoms with van der Waals surface area (Å²) in [6, 6.07) is 0. The molecule has 0 amide bonds. The van der Waals surface area contributed by atoms with Crippen molar-refractivity contribution in [2.75, 3.05) is 20.2 Å². The van der Waals surface area contributed by atoms with Gasteiger partial charge in [0.1, 0.15) is 0 Å². The molecule has 0 radical (unpaired) electrons. The van der Waals surface area contributed by atoms with Crippen LogP contribution in [0.5, 0.6) is 5.88 Å². The second-order valence-corrected chi connectivity index (χ2v) is 4.28. The Balaban J connectivity index is 2.09. The zero-order chi connectivity index (χ0) is 13.0. The molecule has 2 N–H and O–H groups in total. The van der Waals surface area contributed by atoms with Gasteiger partial charge in [-0.25, -0.2) is 4.68 Å². The van der Waals surface area contributed by atoms with Crippen LogP contribution in [0, 0.1) is 0 Å². The lowest BCUT2D eigenvalue weighted by Gasteiger charge is -2.16. The average molecular weight is 251 g/mol. The number of ether oxygens (including phenoxy) is 1. The Bertz CT molecular complexity index is 438. The van der Waals surface area contributed by atoms with Crippen LogP contribution in [0.1, 0.15) is 24.6 Å². The van der Waals surface area contributed by atoms with Crippen molar-refractivity contribution in [2.45, 2.75) is 26.3 Å². The number of aromatic nitrogens is 2. The van der Waals surface area contributed by atoms with E-state index < -0.39 is 0 Å². The standard InChI is InChI=1S/C12H21N5O/c1-4-10-9(11(18-3)17(2)16-10)8-15-12-13-6-5-7-14-12/h4-8H2,1-3H3,(H2,13,14,15). The summed E-state index contributed by atoms with van der Waals surface area (Å²) in [6.07, 6.45) is 2.00. The Morgan fingerprint density at radius 2 is 2.33 bits per heavy atom. The van der Waals surface area contributed by atoms with Gasteiger partial charge < -0.3 is 15.4 Å². The predicted molar refractivity (Wildman–Crippen MR) is 70.9 cm³/mol. The molecule has 0 aromatic carbocycles. The summed E-state index contributed by atoms with van der Waals surface area (Å²) in [5, 5.41) is 11.0. The van der Waals surface area contributed by atoms with Crippen LogP contribution in [0.25, 0.3) is 0 Å². The number of guanidine groups is 1. The Labute approximate surface area is 107 Å². The summed E-state index contributed by atoms with van der Waals surface area (Å²) in [4.78, 5) is 4.39. The molecule has 18 heavy (non-hydrogen) atoms. The summed E-state index contributed by atoms with van der Waals surface area (Å²) in [5.41, 5.74) is 2.18. The van der Waals surface area contributed by atoms with Crippen LogP contribution in [0.2, 0.25) is 0 Å². The van der Waals surface area contributed by atoms with Crippen LogP contribution in [0.4, 0.5) is 0 Å². The van der Waals surface area contributed by atoms with Gasteiger partial charge in [-0.1, -0.05) is 6.92 Å². The highest BCUT2D eigenvalue weighted by molar-refractivity contribution is 5.80. The van der Waals surface area contributed by atoms with Gasteiger partial charge >= 0.3 is 0 Å². The Kier molecular flexibility index (Phi) is 4.07. The van der Waals surface area contributed by atoms with Gasteiger partial charge in [0.05, 0.1) is 24.9 Å². The first kappa shape index (κ1) is 12.7. The van der Waals surface area contributed by atoms with Crippen molar-refractivity contribution in [3.63, 3.8) is 0 Å². The number of rotatable bonds is 4. The topological polar surface area (TPSA) is 63.5 Å². The van der Waals surface area contributed by atoms with E-state index in [1.54, 1.807) is 11.8 Å². The molecular formula is C12H21N5O. The lowest BCUT2D eigenvalue weighted by atomic mass is 10.2. The molecular weight excluding hydrogens is 230 g/mol. The molecule has 6 nitrogen and oxygen atoms in total. The summed E-state index contributed by atoms with van der Waals surface area (Å²) >= 11 is 0. The fourth-order valence-corrected chi connectivity index (χ4v) is 2.15. The average Bonchev–Trinajstić information content (AvgIpc) is 2.73. The molecule has 1 aromatic rings. The fourth-order valence-electron chi connectivity index (χ4n) is 2.15. The molecule has 0 saturated carbocycles. The Morgan fingerprint density at radius 1 is 1.50 bits per heavy atom. The molecule has 0 bridgehead atoms. The smallest absolute Gasteiger partial charge is 0.216 e. The first-order valence-corrected chi connectivity index (χ1v) is 6.37. The Hall–Kier alpha value is -1.72. The van der Waals surface area contributed by atoms with E-state index in [-0.39, 0.29) is 0 Å². The summed E-state index contributed by atoms with van der Waals surface area (Å²) < 4.78 is 7.18. The predicted octanol–water partition coefficient (Wildman–Crippen LogP) is 0.430. The van der Waals surface area contributed by atoms with E-state index in [1.807, 2.05) is 7.05 Å². The van der Waals surface area contributed by atoms with Gasteiger partial charge in [-0.15, -0.1) is 0 Å². The molecule has 1 aliphatic rings. The van der Waals surface area contributed by atoms with Gasteiger partial charge in [-0.05, 0) is 12.8 Å². The lowest BCUT2D eigenvalue weighted by Crippen LogP contribution is -2.40. The third-order valence-electron chi connectivity index (χ3n) is 3.03. The lowest BCUT2D eigenvalue weighted by molar-refractivity contribution is 0.369. The zero-order valence-corrected chi connectivity index (χ0v) is 11.3. The van der Waals surface area contributed by atoms with Crippen LogP contribution in [-0.2, 0) is 20.0 Å². The number of aliphatic imine (C=N–C) groups is 1. The molecule has 0 atom stereocenters. The van der Waals surface area contributed by atoms with Crippen molar-refractivity contribution in [3.8, 4) is 5.88 Å². The van der Waals surface area contributed by atoms with Gasteiger partial charge in [-0.3, -0.25) is 4.99 Å². The first-order valence-electron chi connectivity index (χ1n) is 6.37. The number of nitrogens with one attached hydrogen (secondary N) is 2. The normalized spacial score (nSPS) is 14.9. The molecule has 0 aliphatic carbocycles. The van der Waals surface area contributed by atoms with Crippen molar-refractivity contribution in [1.82, 2.24) is 20.4 Å². The first-order chi connectivity index (χ1) is 8.76. The van der Waals surface area contributed by atoms with Crippen LogP contribution in [0.3, 0.4) is 0 Å². The highest BCUT2D eigenvalue weighted by atomic mass is 16.5. The SMILES string of the molecule is CCc1nn(C)c(OC)c1CNC1=NCCCN1. The number of hydrogen-bond donors (Lipinski definition) is 2. The van der Waals surface area contributed by atoms with Gasteiger partial charge in [0.2, 0.25) is 5.88 Å². The minimum absolute atomic E-state index is 0.687. The third-order valence-corrected chi connectivity index (χ3v) is 3.03. The number of aryl methyl sites for hydroxylation is 2. The number of hydrogen-bond acceptors (Lipinski definition) is 5. The van der Waals surface area contributed by atoms with Crippen molar-refractivity contribution < 1.29 is 4.74 Å². The van der Waals surface area contributed by atoms with Crippen LogP contribution >= 0.6 is 0 Å². The largest absolute Gasteiger partial charge is 0.481 e. The molecule has 2 rings (SSSR count). The van der Waals surface area contributed by atoms with Gasteiger partial charge in [0.25, 0.3) is 0 Å². The van der Waals surface area contributed by atoms with E-state index >= 15 is 0 Å². The highest BCUT2D eigenvalue weighted by Crippen LogP contribution is 2.21. The van der Waals surface area contributed by atoms with E-state index in [4.69, 9.17) is 4.74 Å². The molecule has 0 unspecified atom stereocenters. The van der Waals surface area contributed by atoms with Crippen molar-refractivity contribution in [3.05, 3.63) is 11.3 Å². The molecule has 100 valence electrons. The fraction of sp³-hybridized carbons (Fsp3) is 0.667. The second-order valence-electron chi connectivity index (χ2n) is 4.28. The van der Waals surface area contributed by atoms with Crippen molar-refractivity contribution >= 4 is 5.96 Å². The van der Waals surface area contributed by atoms with Gasteiger partial charge in [-0.2, -0.15) is 5.10 Å². The van der Waals surface area contributed by atoms with Crippen LogP contribution < -0.4 is 15.4 Å².